The van der Waals surface area contributed by atoms with Crippen molar-refractivity contribution in [3.05, 3.63) is 129 Å². The summed E-state index contributed by atoms with van der Waals surface area (Å²) >= 11 is -2.92. The maximum atomic E-state index is 2.66. The Kier molecular flexibility index (Phi) is 11.3. The van der Waals surface area contributed by atoms with Crippen molar-refractivity contribution in [2.45, 2.75) is 89.2 Å². The van der Waals surface area contributed by atoms with Gasteiger partial charge in [0, 0.05) is 0 Å². The fraction of sp³-hybridized carbons (Fsp3) is 0.378. The van der Waals surface area contributed by atoms with Gasteiger partial charge < -0.3 is 24.8 Å². The summed E-state index contributed by atoms with van der Waals surface area (Å²) in [7, 11) is 0. The van der Waals surface area contributed by atoms with Crippen LogP contribution >= 0.6 is 0 Å². The SMILES string of the molecule is CC(C)C1=Cc2c(-c3ccc(C(C)C)cc3)cccc2[CH]1[Zr+2]1([CH]2C(C(C)C)=Cc3c(-c4ccc(C(C)C)cc4)cccc32)[CH2]C[CH2]1.[Cl-].[Cl-]. The van der Waals surface area contributed by atoms with Gasteiger partial charge in [-0.3, -0.25) is 0 Å². The third kappa shape index (κ3) is 6.20. The normalized spacial score (nSPS) is 18.3. The molecule has 0 amide bonds. The summed E-state index contributed by atoms with van der Waals surface area (Å²) in [5, 5.41) is 0. The Labute approximate surface area is 307 Å². The van der Waals surface area contributed by atoms with Crippen molar-refractivity contribution in [2.24, 2.45) is 11.8 Å². The van der Waals surface area contributed by atoms with E-state index in [9.17, 15) is 0 Å². The van der Waals surface area contributed by atoms with Gasteiger partial charge in [0.1, 0.15) is 0 Å². The monoisotopic (exact) mass is 752 g/mol. The second kappa shape index (κ2) is 14.6. The molecular formula is C45H52Cl2Zr. The van der Waals surface area contributed by atoms with Gasteiger partial charge in [-0.25, -0.2) is 0 Å². The second-order valence-electron chi connectivity index (χ2n) is 15.7. The first-order chi connectivity index (χ1) is 22.1. The number of fused-ring (bicyclic) bond motifs is 2. The molecule has 250 valence electrons. The predicted molar refractivity (Wildman–Crippen MR) is 197 cm³/mol. The van der Waals surface area contributed by atoms with Crippen LogP contribution in [0.1, 0.15) is 114 Å². The van der Waals surface area contributed by atoms with E-state index < -0.39 is 20.3 Å². The molecule has 3 aliphatic rings. The van der Waals surface area contributed by atoms with E-state index in [-0.39, 0.29) is 24.8 Å². The number of hydrogen-bond acceptors (Lipinski definition) is 0. The zero-order chi connectivity index (χ0) is 32.3. The van der Waals surface area contributed by atoms with E-state index >= 15 is 0 Å². The Morgan fingerprint density at radius 1 is 0.479 bits per heavy atom. The van der Waals surface area contributed by atoms with Crippen molar-refractivity contribution in [3.8, 4) is 22.3 Å². The summed E-state index contributed by atoms with van der Waals surface area (Å²) < 4.78 is 4.30. The number of halogens is 2. The van der Waals surface area contributed by atoms with Gasteiger partial charge in [-0.15, -0.1) is 0 Å². The maximum Gasteiger partial charge on any atom is -1.00 e. The summed E-state index contributed by atoms with van der Waals surface area (Å²) in [6.07, 6.45) is 6.74. The van der Waals surface area contributed by atoms with E-state index in [0.29, 0.717) is 30.9 Å². The zero-order valence-electron chi connectivity index (χ0n) is 30.1. The molecule has 1 saturated heterocycles. The Bertz CT molecular complexity index is 1690. The average molecular weight is 755 g/mol. The second-order valence-corrected chi connectivity index (χ2v) is 27.1. The van der Waals surface area contributed by atoms with E-state index in [1.165, 1.54) is 59.2 Å². The summed E-state index contributed by atoms with van der Waals surface area (Å²) in [6.45, 7) is 19.0. The van der Waals surface area contributed by atoms with Gasteiger partial charge in [-0.05, 0) is 0 Å². The molecule has 2 aliphatic carbocycles. The molecule has 0 aromatic heterocycles. The number of allylic oxidation sites excluding steroid dienone is 2. The van der Waals surface area contributed by atoms with Crippen LogP contribution in [-0.4, -0.2) is 0 Å². The molecule has 0 radical (unpaired) electrons. The molecule has 1 aliphatic heterocycles. The average Bonchev–Trinajstić information content (AvgIpc) is 3.61. The summed E-state index contributed by atoms with van der Waals surface area (Å²) in [4.78, 5) is 0. The predicted octanol–water partition coefficient (Wildman–Crippen LogP) is 7.56. The third-order valence-corrected chi connectivity index (χ3v) is 26.9. The minimum absolute atomic E-state index is 0. The molecule has 2 atom stereocenters. The Morgan fingerprint density at radius 2 is 0.854 bits per heavy atom. The summed E-state index contributed by atoms with van der Waals surface area (Å²) in [5.74, 6) is 2.22. The van der Waals surface area contributed by atoms with Crippen LogP contribution in [0.5, 0.6) is 0 Å². The molecule has 0 saturated carbocycles. The maximum absolute atomic E-state index is 2.92. The summed E-state index contributed by atoms with van der Waals surface area (Å²) in [5.41, 5.74) is 18.2. The Morgan fingerprint density at radius 3 is 1.15 bits per heavy atom. The van der Waals surface area contributed by atoms with Crippen LogP contribution in [0.15, 0.2) is 96.1 Å². The molecule has 0 bridgehead atoms. The van der Waals surface area contributed by atoms with Crippen molar-refractivity contribution in [3.63, 3.8) is 0 Å². The number of hydrogen-bond donors (Lipinski definition) is 0. The molecule has 4 aromatic carbocycles. The fourth-order valence-corrected chi connectivity index (χ4v) is 25.2. The van der Waals surface area contributed by atoms with Gasteiger partial charge >= 0.3 is 285 Å². The molecule has 3 heteroatoms. The van der Waals surface area contributed by atoms with Crippen LogP contribution in [0.25, 0.3) is 34.4 Å². The minimum Gasteiger partial charge on any atom is -1.00 e. The first kappa shape index (κ1) is 37.1. The molecular weight excluding hydrogens is 703 g/mol. The summed E-state index contributed by atoms with van der Waals surface area (Å²) in [6, 6.07) is 33.4. The molecule has 2 unspecified atom stereocenters. The van der Waals surface area contributed by atoms with Crippen molar-refractivity contribution in [1.82, 2.24) is 0 Å². The van der Waals surface area contributed by atoms with Crippen molar-refractivity contribution in [1.29, 1.82) is 0 Å². The van der Waals surface area contributed by atoms with Gasteiger partial charge in [0.15, 0.2) is 0 Å². The van der Waals surface area contributed by atoms with Crippen LogP contribution in [-0.2, 0) is 20.3 Å². The zero-order valence-corrected chi connectivity index (χ0v) is 34.0. The molecule has 4 aromatic rings. The first-order valence-electron chi connectivity index (χ1n) is 18.0. The molecule has 1 fully saturated rings. The standard InChI is InChI=1S/2C21H23.C3H6.2ClH.Zr/c2*1-14(2)16-8-10-17(11-9-16)20-7-5-6-18-12-19(15(3)4)13-21(18)20;1-3-2;;;/h2*5-15H,1-4H3;1-3H2;2*1H;/q;;;;;+2/p-2. The number of benzene rings is 4. The van der Waals surface area contributed by atoms with Crippen LogP contribution in [0.4, 0.5) is 0 Å². The van der Waals surface area contributed by atoms with E-state index in [4.69, 9.17) is 0 Å². The molecule has 0 N–H and O–H groups in total. The van der Waals surface area contributed by atoms with Crippen molar-refractivity contribution in [2.75, 3.05) is 0 Å². The Hall–Kier alpha value is -2.18. The smallest absolute Gasteiger partial charge is 1.00 e. The van der Waals surface area contributed by atoms with Crippen LogP contribution < -0.4 is 24.8 Å². The Balaban J connectivity index is 0.00000225. The van der Waals surface area contributed by atoms with E-state index in [2.05, 4.69) is 152 Å². The molecule has 0 spiro atoms. The fourth-order valence-electron chi connectivity index (χ4n) is 9.06. The third-order valence-electron chi connectivity index (χ3n) is 11.7. The van der Waals surface area contributed by atoms with Gasteiger partial charge in [-0.1, -0.05) is 0 Å². The molecule has 7 rings (SSSR count). The quantitative estimate of drug-likeness (QED) is 0.174. The van der Waals surface area contributed by atoms with E-state index in [1.807, 2.05) is 0 Å². The van der Waals surface area contributed by atoms with Crippen molar-refractivity contribution >= 4 is 12.2 Å². The van der Waals surface area contributed by atoms with Gasteiger partial charge in [0.2, 0.25) is 0 Å². The topological polar surface area (TPSA) is 0 Å². The van der Waals surface area contributed by atoms with Gasteiger partial charge in [-0.2, -0.15) is 0 Å². The van der Waals surface area contributed by atoms with Gasteiger partial charge in [0.25, 0.3) is 0 Å². The molecule has 1 heterocycles. The van der Waals surface area contributed by atoms with Crippen LogP contribution in [0.2, 0.25) is 8.26 Å². The van der Waals surface area contributed by atoms with E-state index in [1.54, 1.807) is 22.3 Å². The molecule has 48 heavy (non-hydrogen) atoms. The van der Waals surface area contributed by atoms with E-state index in [0.717, 1.165) is 0 Å². The van der Waals surface area contributed by atoms with Crippen LogP contribution in [0.3, 0.4) is 0 Å². The van der Waals surface area contributed by atoms with Crippen molar-refractivity contribution < 1.29 is 45.1 Å². The minimum atomic E-state index is -2.92. The first-order valence-corrected chi connectivity index (χ1v) is 24.3. The largest absolute Gasteiger partial charge is 1.00 e. The van der Waals surface area contributed by atoms with Gasteiger partial charge in [0.05, 0.1) is 0 Å². The van der Waals surface area contributed by atoms with Crippen LogP contribution in [0, 0.1) is 11.8 Å². The molecule has 0 nitrogen and oxygen atoms in total. The number of rotatable bonds is 8.